The Hall–Kier alpha value is -2.84. The lowest BCUT2D eigenvalue weighted by Crippen LogP contribution is -2.39. The maximum Gasteiger partial charge on any atom is 0.254 e. The first-order valence-electron chi connectivity index (χ1n) is 10.4. The van der Waals surface area contributed by atoms with Crippen molar-refractivity contribution in [1.82, 2.24) is 25.1 Å². The highest BCUT2D eigenvalue weighted by atomic mass is 16.5. The molecular formula is C22H27N5O3. The molecule has 1 fully saturated rings. The lowest BCUT2D eigenvalue weighted by atomic mass is 9.92. The van der Waals surface area contributed by atoms with Crippen LogP contribution in [0, 0.1) is 6.92 Å². The third-order valence-corrected chi connectivity index (χ3v) is 5.44. The van der Waals surface area contributed by atoms with Crippen molar-refractivity contribution < 1.29 is 14.6 Å². The van der Waals surface area contributed by atoms with E-state index in [4.69, 9.17) is 4.74 Å². The average Bonchev–Trinajstić information content (AvgIpc) is 3.10. The molecule has 2 heterocycles. The van der Waals surface area contributed by atoms with Crippen LogP contribution in [0.4, 0.5) is 0 Å². The molecule has 1 atom stereocenters. The zero-order valence-electron chi connectivity index (χ0n) is 17.3. The Morgan fingerprint density at radius 2 is 1.93 bits per heavy atom. The van der Waals surface area contributed by atoms with E-state index in [1.165, 1.54) is 0 Å². The fourth-order valence-corrected chi connectivity index (χ4v) is 3.84. The normalized spacial score (nSPS) is 20.2. The Morgan fingerprint density at radius 1 is 1.23 bits per heavy atom. The van der Waals surface area contributed by atoms with Crippen molar-refractivity contribution in [3.63, 3.8) is 0 Å². The van der Waals surface area contributed by atoms with Crippen LogP contribution >= 0.6 is 0 Å². The van der Waals surface area contributed by atoms with E-state index in [0.717, 1.165) is 42.3 Å². The predicted molar refractivity (Wildman–Crippen MR) is 113 cm³/mol. The van der Waals surface area contributed by atoms with Gasteiger partial charge in [0.05, 0.1) is 35.6 Å². The number of aromatic nitrogens is 4. The van der Waals surface area contributed by atoms with Crippen LogP contribution < -0.4 is 5.32 Å². The van der Waals surface area contributed by atoms with E-state index in [0.29, 0.717) is 18.1 Å². The minimum atomic E-state index is -0.450. The number of carbonyl (C=O) groups excluding carboxylic acids is 1. The van der Waals surface area contributed by atoms with Gasteiger partial charge in [-0.05, 0) is 45.6 Å². The number of carbonyl (C=O) groups is 1. The Bertz CT molecular complexity index is 1010. The van der Waals surface area contributed by atoms with Gasteiger partial charge in [-0.15, -0.1) is 0 Å². The van der Waals surface area contributed by atoms with E-state index in [9.17, 15) is 9.90 Å². The monoisotopic (exact) mass is 409 g/mol. The number of hydrogen-bond acceptors (Lipinski definition) is 6. The van der Waals surface area contributed by atoms with Crippen LogP contribution in [-0.2, 0) is 4.74 Å². The highest BCUT2D eigenvalue weighted by Gasteiger charge is 2.24. The topological polar surface area (TPSA) is 102 Å². The summed E-state index contributed by atoms with van der Waals surface area (Å²) in [5.41, 5.74) is 2.27. The van der Waals surface area contributed by atoms with Crippen molar-refractivity contribution in [2.75, 3.05) is 6.61 Å². The zero-order chi connectivity index (χ0) is 21.1. The molecule has 0 spiro atoms. The molecule has 4 rings (SSSR count). The van der Waals surface area contributed by atoms with Gasteiger partial charge in [-0.1, -0.05) is 18.2 Å². The summed E-state index contributed by atoms with van der Waals surface area (Å²) in [5, 5.41) is 18.0. The van der Waals surface area contributed by atoms with Gasteiger partial charge in [0.1, 0.15) is 0 Å². The first-order valence-corrected chi connectivity index (χ1v) is 10.4. The highest BCUT2D eigenvalue weighted by molar-refractivity contribution is 5.93. The van der Waals surface area contributed by atoms with Crippen LogP contribution in [-0.4, -0.2) is 55.6 Å². The molecular weight excluding hydrogens is 382 g/mol. The number of benzene rings is 1. The van der Waals surface area contributed by atoms with E-state index in [1.54, 1.807) is 24.0 Å². The fraction of sp³-hybridized carbons (Fsp3) is 0.455. The SMILES string of the molecule is Cc1nn(-c2ncc(C(=O)NC3CCC(OC[C@H](C)O)CC3)cn2)c2ccccc12. The molecule has 2 aromatic heterocycles. The summed E-state index contributed by atoms with van der Waals surface area (Å²) in [6.45, 7) is 4.02. The highest BCUT2D eigenvalue weighted by Crippen LogP contribution is 2.22. The molecule has 0 radical (unpaired) electrons. The van der Waals surface area contributed by atoms with E-state index in [2.05, 4.69) is 20.4 Å². The minimum absolute atomic E-state index is 0.112. The Morgan fingerprint density at radius 3 is 2.63 bits per heavy atom. The maximum atomic E-state index is 12.6. The molecule has 0 saturated heterocycles. The lowest BCUT2D eigenvalue weighted by Gasteiger charge is -2.29. The molecule has 2 N–H and O–H groups in total. The van der Waals surface area contributed by atoms with Crippen LogP contribution in [0.15, 0.2) is 36.7 Å². The summed E-state index contributed by atoms with van der Waals surface area (Å²) in [5.74, 6) is 0.267. The number of aliphatic hydroxyl groups excluding tert-OH is 1. The van der Waals surface area contributed by atoms with E-state index >= 15 is 0 Å². The van der Waals surface area contributed by atoms with E-state index in [-0.39, 0.29) is 18.1 Å². The Kier molecular flexibility index (Phi) is 6.06. The maximum absolute atomic E-state index is 12.6. The number of amides is 1. The quantitative estimate of drug-likeness (QED) is 0.649. The number of nitrogens with zero attached hydrogens (tertiary/aromatic N) is 4. The molecule has 3 aromatic rings. The van der Waals surface area contributed by atoms with Gasteiger partial charge in [0.15, 0.2) is 0 Å². The second-order valence-electron chi connectivity index (χ2n) is 7.92. The zero-order valence-corrected chi connectivity index (χ0v) is 17.3. The Labute approximate surface area is 175 Å². The lowest BCUT2D eigenvalue weighted by molar-refractivity contribution is -0.0210. The average molecular weight is 409 g/mol. The summed E-state index contributed by atoms with van der Waals surface area (Å²) in [4.78, 5) is 21.3. The molecule has 0 unspecified atom stereocenters. The van der Waals surface area contributed by atoms with Crippen molar-refractivity contribution >= 4 is 16.8 Å². The van der Waals surface area contributed by atoms with Gasteiger partial charge >= 0.3 is 0 Å². The van der Waals surface area contributed by atoms with Crippen LogP contribution in [0.3, 0.4) is 0 Å². The smallest absolute Gasteiger partial charge is 0.254 e. The van der Waals surface area contributed by atoms with Gasteiger partial charge in [0, 0.05) is 23.8 Å². The summed E-state index contributed by atoms with van der Waals surface area (Å²) in [6, 6.07) is 8.02. The van der Waals surface area contributed by atoms with Gasteiger partial charge in [-0.3, -0.25) is 4.79 Å². The van der Waals surface area contributed by atoms with Crippen molar-refractivity contribution in [3.8, 4) is 5.95 Å². The molecule has 1 amide bonds. The number of rotatable bonds is 6. The Balaban J connectivity index is 1.37. The number of ether oxygens (including phenoxy) is 1. The molecule has 1 saturated carbocycles. The molecule has 1 aliphatic rings. The number of aryl methyl sites for hydroxylation is 1. The number of fused-ring (bicyclic) bond motifs is 1. The van der Waals surface area contributed by atoms with Crippen molar-refractivity contribution in [3.05, 3.63) is 47.9 Å². The second-order valence-corrected chi connectivity index (χ2v) is 7.92. The molecule has 30 heavy (non-hydrogen) atoms. The number of hydrogen-bond donors (Lipinski definition) is 2. The van der Waals surface area contributed by atoms with Crippen LogP contribution in [0.2, 0.25) is 0 Å². The number of para-hydroxylation sites is 1. The first-order chi connectivity index (χ1) is 14.5. The first kappa shape index (κ1) is 20.4. The summed E-state index contributed by atoms with van der Waals surface area (Å²) in [6.07, 6.45) is 6.25. The largest absolute Gasteiger partial charge is 0.391 e. The second kappa shape index (κ2) is 8.89. The van der Waals surface area contributed by atoms with E-state index < -0.39 is 6.10 Å². The van der Waals surface area contributed by atoms with Crippen LogP contribution in [0.5, 0.6) is 0 Å². The summed E-state index contributed by atoms with van der Waals surface area (Å²) in [7, 11) is 0. The third kappa shape index (κ3) is 4.49. The minimum Gasteiger partial charge on any atom is -0.391 e. The van der Waals surface area contributed by atoms with Crippen LogP contribution in [0.1, 0.15) is 48.7 Å². The number of aliphatic hydroxyl groups is 1. The molecule has 158 valence electrons. The molecule has 1 aromatic carbocycles. The summed E-state index contributed by atoms with van der Waals surface area (Å²) >= 11 is 0. The summed E-state index contributed by atoms with van der Waals surface area (Å²) < 4.78 is 7.37. The molecule has 1 aliphatic carbocycles. The fourth-order valence-electron chi connectivity index (χ4n) is 3.84. The van der Waals surface area contributed by atoms with Crippen molar-refractivity contribution in [2.45, 2.75) is 57.8 Å². The van der Waals surface area contributed by atoms with Crippen LogP contribution in [0.25, 0.3) is 16.9 Å². The van der Waals surface area contributed by atoms with Gasteiger partial charge in [0.2, 0.25) is 0 Å². The van der Waals surface area contributed by atoms with Gasteiger partial charge in [-0.2, -0.15) is 9.78 Å². The van der Waals surface area contributed by atoms with Gasteiger partial charge < -0.3 is 15.2 Å². The number of nitrogens with one attached hydrogen (secondary N) is 1. The van der Waals surface area contributed by atoms with Gasteiger partial charge in [-0.25, -0.2) is 9.97 Å². The molecule has 8 heteroatoms. The molecule has 8 nitrogen and oxygen atoms in total. The third-order valence-electron chi connectivity index (χ3n) is 5.44. The van der Waals surface area contributed by atoms with Crippen molar-refractivity contribution in [1.29, 1.82) is 0 Å². The van der Waals surface area contributed by atoms with E-state index in [1.807, 2.05) is 31.2 Å². The predicted octanol–water partition coefficient (Wildman–Crippen LogP) is 2.56. The molecule has 0 bridgehead atoms. The standard InChI is InChI=1S/C22H27N5O3/c1-14(28)13-30-18-9-7-17(8-10-18)25-21(29)16-11-23-22(24-12-16)27-20-6-4-3-5-19(20)15(2)26-27/h3-6,11-12,14,17-18,28H,7-10,13H2,1-2H3,(H,25,29)/t14-,17?,18?/m0/s1. The molecule has 0 aliphatic heterocycles. The van der Waals surface area contributed by atoms with Gasteiger partial charge in [0.25, 0.3) is 11.9 Å². The van der Waals surface area contributed by atoms with Crippen molar-refractivity contribution in [2.24, 2.45) is 0 Å².